The van der Waals surface area contributed by atoms with E-state index in [0.29, 0.717) is 18.0 Å². The van der Waals surface area contributed by atoms with Gasteiger partial charge in [-0.25, -0.2) is 4.79 Å². The van der Waals surface area contributed by atoms with Gasteiger partial charge in [0.2, 0.25) is 0 Å². The molecule has 0 aromatic heterocycles. The van der Waals surface area contributed by atoms with Gasteiger partial charge < -0.3 is 25.2 Å². The molecule has 166 valence electrons. The number of piperazine rings is 1. The van der Waals surface area contributed by atoms with Crippen LogP contribution in [-0.4, -0.2) is 76.3 Å². The second-order valence-corrected chi connectivity index (χ2v) is 8.45. The molecule has 2 aromatic carbocycles. The number of nitrogens with one attached hydrogen (secondary N) is 2. The van der Waals surface area contributed by atoms with Gasteiger partial charge in [-0.2, -0.15) is 0 Å². The molecule has 2 amide bonds. The lowest BCUT2D eigenvalue weighted by Gasteiger charge is -2.38. The maximum Gasteiger partial charge on any atom is 0.319 e. The lowest BCUT2D eigenvalue weighted by Crippen LogP contribution is -2.48. The van der Waals surface area contributed by atoms with Crippen molar-refractivity contribution in [1.82, 2.24) is 15.1 Å². The average molecular weight is 424 g/mol. The van der Waals surface area contributed by atoms with E-state index in [0.717, 1.165) is 39.1 Å². The second-order valence-electron chi connectivity index (χ2n) is 8.45. The molecule has 0 saturated carbocycles. The van der Waals surface area contributed by atoms with E-state index >= 15 is 0 Å². The van der Waals surface area contributed by atoms with Crippen LogP contribution in [0.3, 0.4) is 0 Å². The van der Waals surface area contributed by atoms with E-state index < -0.39 is 0 Å². The molecular weight excluding hydrogens is 390 g/mol. The summed E-state index contributed by atoms with van der Waals surface area (Å²) in [7, 11) is 5.91. The lowest BCUT2D eigenvalue weighted by atomic mass is 10.00. The normalized spacial score (nSPS) is 17.8. The van der Waals surface area contributed by atoms with Crippen LogP contribution in [0.25, 0.3) is 0 Å². The number of rotatable bonds is 6. The van der Waals surface area contributed by atoms with Gasteiger partial charge in [-0.1, -0.05) is 24.3 Å². The fourth-order valence-electron chi connectivity index (χ4n) is 4.49. The van der Waals surface area contributed by atoms with Gasteiger partial charge in [-0.15, -0.1) is 0 Å². The van der Waals surface area contributed by atoms with Crippen molar-refractivity contribution in [1.29, 1.82) is 0 Å². The molecule has 1 fully saturated rings. The molecule has 2 aliphatic rings. The molecule has 2 aliphatic heterocycles. The standard InChI is InChI=1S/C24H33N5O2/c1-27-12-14-29(15-13-27)22(18-8-9-21-19(16-18)10-11-28(21)2)17-25-24(30)26-20-6-4-5-7-23(20)31-3/h4-9,16,22H,10-15,17H2,1-3H3,(H2,25,26,30). The van der Waals surface area contributed by atoms with Crippen molar-refractivity contribution in [3.05, 3.63) is 53.6 Å². The molecule has 7 nitrogen and oxygen atoms in total. The number of carbonyl (C=O) groups is 1. The molecule has 1 atom stereocenters. The molecule has 31 heavy (non-hydrogen) atoms. The van der Waals surface area contributed by atoms with Crippen LogP contribution in [0.5, 0.6) is 5.75 Å². The fourth-order valence-corrected chi connectivity index (χ4v) is 4.49. The summed E-state index contributed by atoms with van der Waals surface area (Å²) in [6.45, 7) is 5.69. The van der Waals surface area contributed by atoms with Crippen LogP contribution in [0.2, 0.25) is 0 Å². The highest BCUT2D eigenvalue weighted by Crippen LogP contribution is 2.31. The minimum atomic E-state index is -0.218. The van der Waals surface area contributed by atoms with Gasteiger partial charge >= 0.3 is 6.03 Å². The van der Waals surface area contributed by atoms with E-state index in [1.807, 2.05) is 24.3 Å². The van der Waals surface area contributed by atoms with Crippen molar-refractivity contribution >= 4 is 17.4 Å². The number of urea groups is 1. The Balaban J connectivity index is 1.48. The predicted molar refractivity (Wildman–Crippen MR) is 125 cm³/mol. The first-order valence-corrected chi connectivity index (χ1v) is 11.0. The third kappa shape index (κ3) is 4.94. The lowest BCUT2D eigenvalue weighted by molar-refractivity contribution is 0.111. The summed E-state index contributed by atoms with van der Waals surface area (Å²) in [5.41, 5.74) is 4.66. The van der Waals surface area contributed by atoms with Crippen LogP contribution in [-0.2, 0) is 6.42 Å². The van der Waals surface area contributed by atoms with Gasteiger partial charge in [0.15, 0.2) is 0 Å². The van der Waals surface area contributed by atoms with E-state index in [-0.39, 0.29) is 12.1 Å². The maximum atomic E-state index is 12.7. The predicted octanol–water partition coefficient (Wildman–Crippen LogP) is 2.80. The zero-order valence-corrected chi connectivity index (χ0v) is 18.7. The third-order valence-electron chi connectivity index (χ3n) is 6.41. The number of benzene rings is 2. The Morgan fingerprint density at radius 2 is 1.84 bits per heavy atom. The fraction of sp³-hybridized carbons (Fsp3) is 0.458. The van der Waals surface area contributed by atoms with Crippen molar-refractivity contribution < 1.29 is 9.53 Å². The largest absolute Gasteiger partial charge is 0.495 e. The molecule has 0 aliphatic carbocycles. The first kappa shape index (κ1) is 21.5. The van der Waals surface area contributed by atoms with E-state index in [1.165, 1.54) is 16.8 Å². The number of hydrogen-bond acceptors (Lipinski definition) is 5. The Bertz CT molecular complexity index is 911. The first-order valence-electron chi connectivity index (χ1n) is 11.0. The first-order chi connectivity index (χ1) is 15.0. The molecule has 0 radical (unpaired) electrons. The van der Waals surface area contributed by atoms with E-state index in [1.54, 1.807) is 7.11 Å². The molecule has 2 heterocycles. The Kier molecular flexibility index (Phi) is 6.63. The number of methoxy groups -OCH3 is 1. The van der Waals surface area contributed by atoms with Crippen LogP contribution >= 0.6 is 0 Å². The molecule has 7 heteroatoms. The van der Waals surface area contributed by atoms with Crippen molar-refractivity contribution in [2.24, 2.45) is 0 Å². The maximum absolute atomic E-state index is 12.7. The van der Waals surface area contributed by atoms with Crippen LogP contribution in [0.1, 0.15) is 17.2 Å². The van der Waals surface area contributed by atoms with Gasteiger partial charge in [-0.3, -0.25) is 4.90 Å². The number of likely N-dealkylation sites (N-methyl/N-ethyl adjacent to an activating group) is 2. The zero-order chi connectivity index (χ0) is 21.8. The Morgan fingerprint density at radius 1 is 1.06 bits per heavy atom. The van der Waals surface area contributed by atoms with Gasteiger partial charge in [0.05, 0.1) is 18.8 Å². The average Bonchev–Trinajstić information content (AvgIpc) is 3.15. The highest BCUT2D eigenvalue weighted by molar-refractivity contribution is 5.90. The summed E-state index contributed by atoms with van der Waals surface area (Å²) in [6, 6.07) is 14.2. The van der Waals surface area contributed by atoms with Gasteiger partial charge in [0, 0.05) is 52.0 Å². The summed E-state index contributed by atoms with van der Waals surface area (Å²) in [5.74, 6) is 0.649. The quantitative estimate of drug-likeness (QED) is 0.748. The number of amides is 2. The number of carbonyl (C=O) groups excluding carboxylic acids is 1. The van der Waals surface area contributed by atoms with Gasteiger partial charge in [0.1, 0.15) is 5.75 Å². The third-order valence-corrected chi connectivity index (χ3v) is 6.41. The monoisotopic (exact) mass is 423 g/mol. The van der Waals surface area contributed by atoms with Crippen LogP contribution in [0.4, 0.5) is 16.2 Å². The molecule has 0 spiro atoms. The highest BCUT2D eigenvalue weighted by Gasteiger charge is 2.26. The summed E-state index contributed by atoms with van der Waals surface area (Å²) in [5, 5.41) is 6.01. The number of nitrogens with zero attached hydrogens (tertiary/aromatic N) is 3. The summed E-state index contributed by atoms with van der Waals surface area (Å²) in [4.78, 5) is 19.8. The topological polar surface area (TPSA) is 60.1 Å². The van der Waals surface area contributed by atoms with Crippen LogP contribution in [0.15, 0.2) is 42.5 Å². The second kappa shape index (κ2) is 9.58. The SMILES string of the molecule is COc1ccccc1NC(=O)NCC(c1ccc2c(c1)CCN2C)N1CCN(C)CC1. The highest BCUT2D eigenvalue weighted by atomic mass is 16.5. The van der Waals surface area contributed by atoms with Crippen LogP contribution < -0.4 is 20.3 Å². The smallest absolute Gasteiger partial charge is 0.319 e. The molecule has 1 saturated heterocycles. The zero-order valence-electron chi connectivity index (χ0n) is 18.7. The Labute approximate surface area is 185 Å². The summed E-state index contributed by atoms with van der Waals surface area (Å²) < 4.78 is 5.34. The number of fused-ring (bicyclic) bond motifs is 1. The van der Waals surface area contributed by atoms with Crippen molar-refractivity contribution in [3.63, 3.8) is 0 Å². The Hall–Kier alpha value is -2.77. The summed E-state index contributed by atoms with van der Waals surface area (Å²) >= 11 is 0. The number of ether oxygens (including phenoxy) is 1. The molecule has 2 N–H and O–H groups in total. The van der Waals surface area contributed by atoms with Gasteiger partial charge in [-0.05, 0) is 42.8 Å². The molecule has 0 bridgehead atoms. The van der Waals surface area contributed by atoms with Crippen molar-refractivity contribution in [2.75, 3.05) is 70.7 Å². The van der Waals surface area contributed by atoms with E-state index in [2.05, 4.69) is 57.6 Å². The number of anilines is 2. The van der Waals surface area contributed by atoms with E-state index in [9.17, 15) is 4.79 Å². The van der Waals surface area contributed by atoms with Gasteiger partial charge in [0.25, 0.3) is 0 Å². The molecule has 4 rings (SSSR count). The summed E-state index contributed by atoms with van der Waals surface area (Å²) in [6.07, 6.45) is 1.08. The molecular formula is C24H33N5O2. The Morgan fingerprint density at radius 3 is 2.61 bits per heavy atom. The van der Waals surface area contributed by atoms with Crippen molar-refractivity contribution in [2.45, 2.75) is 12.5 Å². The number of hydrogen-bond donors (Lipinski definition) is 2. The minimum Gasteiger partial charge on any atom is -0.495 e. The van der Waals surface area contributed by atoms with Crippen molar-refractivity contribution in [3.8, 4) is 5.75 Å². The van der Waals surface area contributed by atoms with Crippen LogP contribution in [0, 0.1) is 0 Å². The van der Waals surface area contributed by atoms with E-state index in [4.69, 9.17) is 4.74 Å². The molecule has 1 unspecified atom stereocenters. The number of para-hydroxylation sites is 2. The molecule has 2 aromatic rings. The minimum absolute atomic E-state index is 0.147.